The summed E-state index contributed by atoms with van der Waals surface area (Å²) in [4.78, 5) is 0. The van der Waals surface area contributed by atoms with Gasteiger partial charge < -0.3 is 0 Å². The molecule has 0 nitrogen and oxygen atoms in total. The SMILES string of the molecule is Fc1cc(Cl)ccc1CCc1ccc(C[C@H](F)c2ccccc2)cc1. The fourth-order valence-corrected chi connectivity index (χ4v) is 2.99. The Morgan fingerprint density at radius 1 is 0.800 bits per heavy atom. The van der Waals surface area contributed by atoms with Crippen LogP contribution in [0.5, 0.6) is 0 Å². The van der Waals surface area contributed by atoms with Crippen LogP contribution in [0.4, 0.5) is 8.78 Å². The number of hydrogen-bond donors (Lipinski definition) is 0. The van der Waals surface area contributed by atoms with Crippen molar-refractivity contribution in [2.24, 2.45) is 0 Å². The lowest BCUT2D eigenvalue weighted by molar-refractivity contribution is 0.342. The van der Waals surface area contributed by atoms with E-state index in [0.29, 0.717) is 29.0 Å². The predicted octanol–water partition coefficient (Wildman–Crippen LogP) is 6.52. The number of hydrogen-bond acceptors (Lipinski definition) is 0. The maximum absolute atomic E-state index is 14.3. The fraction of sp³-hybridized carbons (Fsp3) is 0.182. The molecule has 0 unspecified atom stereocenters. The zero-order valence-corrected chi connectivity index (χ0v) is 14.5. The minimum absolute atomic E-state index is 0.271. The van der Waals surface area contributed by atoms with Gasteiger partial charge in [-0.2, -0.15) is 0 Å². The monoisotopic (exact) mass is 356 g/mol. The van der Waals surface area contributed by atoms with Crippen LogP contribution in [0.1, 0.15) is 28.4 Å². The summed E-state index contributed by atoms with van der Waals surface area (Å²) in [6.45, 7) is 0. The molecule has 0 radical (unpaired) electrons. The quantitative estimate of drug-likeness (QED) is 0.471. The Morgan fingerprint density at radius 2 is 1.48 bits per heavy atom. The van der Waals surface area contributed by atoms with Gasteiger partial charge in [0.15, 0.2) is 0 Å². The molecule has 3 rings (SSSR count). The van der Waals surface area contributed by atoms with E-state index in [9.17, 15) is 8.78 Å². The Balaban J connectivity index is 1.58. The molecule has 3 aromatic carbocycles. The highest BCUT2D eigenvalue weighted by Crippen LogP contribution is 2.23. The minimum atomic E-state index is -1.00. The average Bonchev–Trinajstić information content (AvgIpc) is 2.63. The molecule has 1 atom stereocenters. The van der Waals surface area contributed by atoms with Crippen LogP contribution in [0.15, 0.2) is 72.8 Å². The molecule has 3 aromatic rings. The maximum atomic E-state index is 14.3. The Labute approximate surface area is 152 Å². The number of benzene rings is 3. The van der Waals surface area contributed by atoms with E-state index in [4.69, 9.17) is 11.6 Å². The summed E-state index contributed by atoms with van der Waals surface area (Å²) in [6.07, 6.45) is 0.695. The number of alkyl halides is 1. The number of aryl methyl sites for hydroxylation is 2. The Kier molecular flexibility index (Phi) is 5.83. The molecular formula is C22H19ClF2. The molecule has 0 bridgehead atoms. The van der Waals surface area contributed by atoms with Crippen molar-refractivity contribution in [2.75, 3.05) is 0 Å². The molecule has 0 aliphatic carbocycles. The molecule has 0 spiro atoms. The minimum Gasteiger partial charge on any atom is -0.242 e. The smallest absolute Gasteiger partial charge is 0.129 e. The van der Waals surface area contributed by atoms with E-state index >= 15 is 0 Å². The second-order valence-corrected chi connectivity index (χ2v) is 6.57. The van der Waals surface area contributed by atoms with Gasteiger partial charge in [0.25, 0.3) is 0 Å². The molecule has 0 saturated carbocycles. The van der Waals surface area contributed by atoms with Crippen LogP contribution in [0.25, 0.3) is 0 Å². The van der Waals surface area contributed by atoms with Gasteiger partial charge >= 0.3 is 0 Å². The zero-order valence-electron chi connectivity index (χ0n) is 13.8. The lowest BCUT2D eigenvalue weighted by atomic mass is 9.99. The first-order chi connectivity index (χ1) is 12.1. The van der Waals surface area contributed by atoms with Gasteiger partial charge in [0.05, 0.1) is 0 Å². The fourth-order valence-electron chi connectivity index (χ4n) is 2.83. The third-order valence-corrected chi connectivity index (χ3v) is 4.53. The third-order valence-electron chi connectivity index (χ3n) is 4.30. The lowest BCUT2D eigenvalue weighted by Crippen LogP contribution is -1.98. The third kappa shape index (κ3) is 4.90. The van der Waals surface area contributed by atoms with Crippen LogP contribution in [-0.4, -0.2) is 0 Å². The molecule has 0 saturated heterocycles. The van der Waals surface area contributed by atoms with Gasteiger partial charge in [0.2, 0.25) is 0 Å². The molecule has 0 aromatic heterocycles. The van der Waals surface area contributed by atoms with Crippen LogP contribution >= 0.6 is 11.6 Å². The first-order valence-electron chi connectivity index (χ1n) is 8.32. The van der Waals surface area contributed by atoms with Crippen molar-refractivity contribution >= 4 is 11.6 Å². The molecule has 0 aliphatic heterocycles. The highest BCUT2D eigenvalue weighted by molar-refractivity contribution is 6.30. The van der Waals surface area contributed by atoms with E-state index in [0.717, 1.165) is 17.5 Å². The van der Waals surface area contributed by atoms with Crippen LogP contribution in [0, 0.1) is 5.82 Å². The summed E-state index contributed by atoms with van der Waals surface area (Å²) in [5.41, 5.74) is 3.41. The van der Waals surface area contributed by atoms with E-state index in [1.54, 1.807) is 24.3 Å². The van der Waals surface area contributed by atoms with Crippen molar-refractivity contribution in [3.8, 4) is 0 Å². The molecule has 128 valence electrons. The largest absolute Gasteiger partial charge is 0.242 e. The van der Waals surface area contributed by atoms with E-state index in [-0.39, 0.29) is 5.82 Å². The van der Waals surface area contributed by atoms with Gasteiger partial charge in [0, 0.05) is 11.4 Å². The summed E-state index contributed by atoms with van der Waals surface area (Å²) in [5, 5.41) is 0.407. The van der Waals surface area contributed by atoms with E-state index in [1.807, 2.05) is 42.5 Å². The standard InChI is InChI=1S/C22H19ClF2/c23-20-13-12-19(22(25)15-20)11-10-16-6-8-17(9-7-16)14-21(24)18-4-2-1-3-5-18/h1-9,12-13,15,21H,10-11,14H2/t21-/m0/s1. The first-order valence-corrected chi connectivity index (χ1v) is 8.70. The van der Waals surface area contributed by atoms with Gasteiger partial charge in [-0.15, -0.1) is 0 Å². The molecule has 0 N–H and O–H groups in total. The maximum Gasteiger partial charge on any atom is 0.129 e. The lowest BCUT2D eigenvalue weighted by Gasteiger charge is -2.09. The molecule has 0 aliphatic rings. The average molecular weight is 357 g/mol. The summed E-state index contributed by atoms with van der Waals surface area (Å²) in [7, 11) is 0. The molecule has 3 heteroatoms. The molecule has 0 fully saturated rings. The van der Waals surface area contributed by atoms with Gasteiger partial charge in [0.1, 0.15) is 12.0 Å². The van der Waals surface area contributed by atoms with Crippen molar-refractivity contribution in [3.63, 3.8) is 0 Å². The van der Waals surface area contributed by atoms with Gasteiger partial charge in [-0.25, -0.2) is 8.78 Å². The summed E-state index contributed by atoms with van der Waals surface area (Å²) in [6, 6.07) is 21.8. The Hall–Kier alpha value is -2.19. The predicted molar refractivity (Wildman–Crippen MR) is 99.3 cm³/mol. The topological polar surface area (TPSA) is 0 Å². The first kappa shape index (κ1) is 17.6. The second kappa shape index (κ2) is 8.26. The van der Waals surface area contributed by atoms with Crippen molar-refractivity contribution < 1.29 is 8.78 Å². The van der Waals surface area contributed by atoms with Gasteiger partial charge in [-0.3, -0.25) is 0 Å². The van der Waals surface area contributed by atoms with Crippen LogP contribution in [0.3, 0.4) is 0 Å². The number of rotatable bonds is 6. The highest BCUT2D eigenvalue weighted by Gasteiger charge is 2.10. The van der Waals surface area contributed by atoms with Crippen LogP contribution < -0.4 is 0 Å². The number of halogens is 3. The Morgan fingerprint density at radius 3 is 2.16 bits per heavy atom. The van der Waals surface area contributed by atoms with Crippen molar-refractivity contribution in [1.29, 1.82) is 0 Å². The molecular weight excluding hydrogens is 338 g/mol. The normalized spacial score (nSPS) is 12.1. The van der Waals surface area contributed by atoms with Crippen molar-refractivity contribution in [2.45, 2.75) is 25.4 Å². The van der Waals surface area contributed by atoms with E-state index in [2.05, 4.69) is 0 Å². The van der Waals surface area contributed by atoms with Crippen LogP contribution in [-0.2, 0) is 19.3 Å². The zero-order chi connectivity index (χ0) is 17.6. The molecule has 0 heterocycles. The summed E-state index contributed by atoms with van der Waals surface area (Å²) in [5.74, 6) is -0.271. The highest BCUT2D eigenvalue weighted by atomic mass is 35.5. The Bertz CT molecular complexity index is 813. The summed E-state index contributed by atoms with van der Waals surface area (Å²) < 4.78 is 28.1. The van der Waals surface area contributed by atoms with Crippen LogP contribution in [0.2, 0.25) is 5.02 Å². The second-order valence-electron chi connectivity index (χ2n) is 6.13. The van der Waals surface area contributed by atoms with Gasteiger partial charge in [-0.05, 0) is 47.2 Å². The molecule has 25 heavy (non-hydrogen) atoms. The molecule has 0 amide bonds. The van der Waals surface area contributed by atoms with E-state index in [1.165, 1.54) is 6.07 Å². The van der Waals surface area contributed by atoms with Gasteiger partial charge in [-0.1, -0.05) is 72.3 Å². The summed E-state index contributed by atoms with van der Waals surface area (Å²) >= 11 is 5.77. The van der Waals surface area contributed by atoms with Crippen molar-refractivity contribution in [1.82, 2.24) is 0 Å². The van der Waals surface area contributed by atoms with Crippen molar-refractivity contribution in [3.05, 3.63) is 106 Å². The van der Waals surface area contributed by atoms with E-state index < -0.39 is 6.17 Å².